The van der Waals surface area contributed by atoms with Crippen molar-refractivity contribution in [3.63, 3.8) is 0 Å². The van der Waals surface area contributed by atoms with Crippen LogP contribution >= 0.6 is 0 Å². The number of hydrogen-bond acceptors (Lipinski definition) is 0. The first kappa shape index (κ1) is 43.1. The number of aryl methyl sites for hydroxylation is 3. The van der Waals surface area contributed by atoms with Crippen molar-refractivity contribution in [2.75, 3.05) is 0 Å². The van der Waals surface area contributed by atoms with E-state index in [-0.39, 0.29) is 58.9 Å². The molecule has 0 atom stereocenters. The van der Waals surface area contributed by atoms with Crippen molar-refractivity contribution < 1.29 is 58.9 Å². The van der Waals surface area contributed by atoms with Crippen molar-refractivity contribution in [1.82, 2.24) is 0 Å². The average Bonchev–Trinajstić information content (AvgIpc) is 3.51. The van der Waals surface area contributed by atoms with Gasteiger partial charge in [0.15, 0.2) is 8.80 Å². The Morgan fingerprint density at radius 1 is 0.548 bits per heavy atom. The summed E-state index contributed by atoms with van der Waals surface area (Å²) >= 11 is 0. The zero-order chi connectivity index (χ0) is 27.0. The van der Waals surface area contributed by atoms with Crippen LogP contribution in [0, 0.1) is 6.08 Å². The van der Waals surface area contributed by atoms with Gasteiger partial charge < -0.3 is 37.2 Å². The molecule has 0 heterocycles. The van der Waals surface area contributed by atoms with Crippen LogP contribution in [0.2, 0.25) is 0 Å². The molecule has 5 heteroatoms. The number of benzene rings is 3. The minimum absolute atomic E-state index is 0. The van der Waals surface area contributed by atoms with E-state index in [0.717, 1.165) is 12.8 Å². The van der Waals surface area contributed by atoms with Gasteiger partial charge in [0.05, 0.1) is 0 Å². The molecule has 0 saturated carbocycles. The second kappa shape index (κ2) is 25.3. The summed E-state index contributed by atoms with van der Waals surface area (Å²) < 4.78 is 0. The molecule has 0 saturated heterocycles. The molecular weight excluding hydrogens is 627 g/mol. The molecule has 0 N–H and O–H groups in total. The summed E-state index contributed by atoms with van der Waals surface area (Å²) in [6, 6.07) is 28.6. The van der Waals surface area contributed by atoms with E-state index in [9.17, 15) is 0 Å². The number of hydrogen-bond donors (Lipinski definition) is 0. The summed E-state index contributed by atoms with van der Waals surface area (Å²) in [7, 11) is -0.987. The Morgan fingerprint density at radius 3 is 1.10 bits per heavy atom. The van der Waals surface area contributed by atoms with Crippen molar-refractivity contribution in [1.29, 1.82) is 0 Å². The second-order valence-electron chi connectivity index (χ2n) is 10.5. The van der Waals surface area contributed by atoms with Crippen LogP contribution in [0.3, 0.4) is 0 Å². The smallest absolute Gasteiger partial charge is 1.00 e. The van der Waals surface area contributed by atoms with Crippen LogP contribution in [0.25, 0.3) is 0 Å². The van der Waals surface area contributed by atoms with Gasteiger partial charge in [-0.05, 0) is 55.2 Å². The van der Waals surface area contributed by atoms with Crippen molar-refractivity contribution in [2.45, 2.75) is 98.3 Å². The molecule has 225 valence electrons. The molecule has 0 spiro atoms. The molecule has 0 aromatic heterocycles. The molecule has 0 bridgehead atoms. The number of unbranched alkanes of at least 4 members (excludes halogenated alkanes) is 3. The monoisotopic (exact) mass is 673 g/mol. The predicted molar refractivity (Wildman–Crippen MR) is 171 cm³/mol. The molecular formula is C37H48Cl3SiTi. The van der Waals surface area contributed by atoms with E-state index in [2.05, 4.69) is 119 Å². The van der Waals surface area contributed by atoms with Gasteiger partial charge in [0.1, 0.15) is 0 Å². The first-order valence-corrected chi connectivity index (χ1v) is 16.6. The van der Waals surface area contributed by atoms with E-state index in [4.69, 9.17) is 0 Å². The van der Waals surface area contributed by atoms with Crippen molar-refractivity contribution >= 4 is 24.4 Å². The van der Waals surface area contributed by atoms with Gasteiger partial charge in [-0.1, -0.05) is 142 Å². The minimum Gasteiger partial charge on any atom is -1.00 e. The molecule has 3 aromatic rings. The van der Waals surface area contributed by atoms with E-state index in [0.29, 0.717) is 0 Å². The summed E-state index contributed by atoms with van der Waals surface area (Å²) in [6.45, 7) is 8.97. The van der Waals surface area contributed by atoms with Crippen LogP contribution in [0.5, 0.6) is 0 Å². The quantitative estimate of drug-likeness (QED) is 0.128. The first-order valence-electron chi connectivity index (χ1n) is 15.1. The molecule has 0 unspecified atom stereocenters. The molecule has 1 radical (unpaired) electrons. The van der Waals surface area contributed by atoms with Crippen LogP contribution in [-0.2, 0) is 41.0 Å². The van der Waals surface area contributed by atoms with Gasteiger partial charge in [-0.2, -0.15) is 6.08 Å². The predicted octanol–water partition coefficient (Wildman–Crippen LogP) is -0.674. The maximum Gasteiger partial charge on any atom is 4.00 e. The molecule has 0 aliphatic heterocycles. The van der Waals surface area contributed by atoms with E-state index in [1.807, 2.05) is 0 Å². The summed E-state index contributed by atoms with van der Waals surface area (Å²) in [5.41, 5.74) is 5.84. The Bertz CT molecular complexity index is 1000. The molecule has 42 heavy (non-hydrogen) atoms. The normalized spacial score (nSPS) is 11.2. The Hall–Kier alpha value is -1.06. The van der Waals surface area contributed by atoms with Crippen LogP contribution in [0.4, 0.5) is 0 Å². The summed E-state index contributed by atoms with van der Waals surface area (Å²) in [4.78, 5) is 0. The number of rotatable bonds is 13. The Balaban J connectivity index is 0. The summed E-state index contributed by atoms with van der Waals surface area (Å²) in [6.07, 6.45) is 20.7. The third-order valence-electron chi connectivity index (χ3n) is 7.36. The van der Waals surface area contributed by atoms with Crippen LogP contribution in [0.15, 0.2) is 90.5 Å². The topological polar surface area (TPSA) is 0 Å². The van der Waals surface area contributed by atoms with Crippen molar-refractivity contribution in [2.24, 2.45) is 0 Å². The molecule has 1 aliphatic rings. The second-order valence-corrected chi connectivity index (χ2v) is 12.9. The Morgan fingerprint density at radius 2 is 0.881 bits per heavy atom. The van der Waals surface area contributed by atoms with E-state index in [1.54, 1.807) is 0 Å². The maximum absolute atomic E-state index is 3.11. The molecule has 3 aromatic carbocycles. The van der Waals surface area contributed by atoms with Gasteiger partial charge in [-0.25, -0.2) is 11.6 Å². The number of halogens is 3. The third kappa shape index (κ3) is 14.6. The molecule has 0 amide bonds. The standard InChI is InChI=1S/C30H39Si.C7H9.3ClH.Ti/c1-4-7-10-25-13-19-28(20-14-25)31(29-21-15-26(16-22-29)11-8-5-2)30-23-17-27(18-24-30)12-9-6-3;1-2-7-5-3-4-6-7;;;;/h13-24H,4-12H2,1-3H3;5-6H,2-3H2,1H3;3*1H;/q;-1;;;;+4/p-3. The molecule has 4 rings (SSSR count). The summed E-state index contributed by atoms with van der Waals surface area (Å²) in [5.74, 6) is 0. The zero-order valence-corrected chi connectivity index (χ0v) is 30.8. The maximum atomic E-state index is 3.11. The van der Waals surface area contributed by atoms with Crippen molar-refractivity contribution in [3.8, 4) is 0 Å². The van der Waals surface area contributed by atoms with Gasteiger partial charge in [-0.15, -0.1) is 6.42 Å². The average molecular weight is 675 g/mol. The first-order chi connectivity index (χ1) is 18.7. The Kier molecular flexibility index (Phi) is 25.9. The van der Waals surface area contributed by atoms with Crippen molar-refractivity contribution in [3.05, 3.63) is 113 Å². The fraction of sp³-hybridized carbons (Fsp3) is 0.405. The van der Waals surface area contributed by atoms with Crippen LogP contribution < -0.4 is 52.8 Å². The SMILES string of the molecule is CCC1=CC[C-]=C1.CCCCc1ccc([Si](c2ccc(CCCC)cc2)c2ccc(CCCC)cc2)cc1.[Cl-].[Cl-].[Cl-].[Ti+4]. The third-order valence-corrected chi connectivity index (χ3v) is 10.1. The van der Waals surface area contributed by atoms with Gasteiger partial charge in [0, 0.05) is 0 Å². The van der Waals surface area contributed by atoms with Gasteiger partial charge in [0.2, 0.25) is 0 Å². The fourth-order valence-corrected chi connectivity index (χ4v) is 7.34. The fourth-order valence-electron chi connectivity index (χ4n) is 4.84. The van der Waals surface area contributed by atoms with E-state index in [1.165, 1.54) is 95.6 Å². The van der Waals surface area contributed by atoms with E-state index < -0.39 is 8.80 Å². The Labute approximate surface area is 293 Å². The minimum atomic E-state index is -0.987. The summed E-state index contributed by atoms with van der Waals surface area (Å²) in [5, 5.41) is 4.48. The van der Waals surface area contributed by atoms with E-state index >= 15 is 0 Å². The molecule has 1 aliphatic carbocycles. The molecule has 0 nitrogen and oxygen atoms in total. The van der Waals surface area contributed by atoms with Gasteiger partial charge >= 0.3 is 21.7 Å². The van der Waals surface area contributed by atoms with Gasteiger partial charge in [-0.3, -0.25) is 6.08 Å². The van der Waals surface area contributed by atoms with Gasteiger partial charge in [0.25, 0.3) is 0 Å². The number of allylic oxidation sites excluding steroid dienone is 4. The largest absolute Gasteiger partial charge is 4.00 e. The van der Waals surface area contributed by atoms with Crippen LogP contribution in [-0.4, -0.2) is 8.80 Å². The molecule has 0 fully saturated rings. The zero-order valence-electron chi connectivity index (χ0n) is 26.0. The van der Waals surface area contributed by atoms with Crippen LogP contribution in [0.1, 0.15) is 95.8 Å².